The van der Waals surface area contributed by atoms with Crippen molar-refractivity contribution in [3.63, 3.8) is 0 Å². The predicted molar refractivity (Wildman–Crippen MR) is 67.5 cm³/mol. The van der Waals surface area contributed by atoms with Crippen LogP contribution in [0.4, 0.5) is 5.69 Å². The van der Waals surface area contributed by atoms with E-state index < -0.39 is 7.14 Å². The molecule has 0 aromatic heterocycles. The molecule has 0 fully saturated rings. The maximum atomic E-state index is 12.0. The van der Waals surface area contributed by atoms with Gasteiger partial charge in [0.25, 0.3) is 0 Å². The van der Waals surface area contributed by atoms with Gasteiger partial charge in [0.05, 0.1) is 5.69 Å². The lowest BCUT2D eigenvalue weighted by molar-refractivity contribution is -0.114. The molecule has 15 heavy (non-hydrogen) atoms. The van der Waals surface area contributed by atoms with E-state index in [1.165, 1.54) is 6.92 Å². The Labute approximate surface area is 97.8 Å². The zero-order valence-electron chi connectivity index (χ0n) is 8.87. The standard InChI is InChI=1S/C10H13BrNO2P/c1-7(13)12-9-6-8(11)4-5-10(9)15(2,3)14/h4-6H,1-3H3,(H,12,13). The Kier molecular flexibility index (Phi) is 3.74. The summed E-state index contributed by atoms with van der Waals surface area (Å²) in [5, 5.41) is 3.37. The Morgan fingerprint density at radius 3 is 2.47 bits per heavy atom. The number of nitrogens with one attached hydrogen (secondary N) is 1. The lowest BCUT2D eigenvalue weighted by atomic mass is 10.3. The third-order valence-electron chi connectivity index (χ3n) is 1.85. The first kappa shape index (κ1) is 12.5. The smallest absolute Gasteiger partial charge is 0.221 e. The Morgan fingerprint density at radius 1 is 1.40 bits per heavy atom. The van der Waals surface area contributed by atoms with Crippen LogP contribution in [0.15, 0.2) is 22.7 Å². The monoisotopic (exact) mass is 289 g/mol. The maximum Gasteiger partial charge on any atom is 0.221 e. The number of halogens is 1. The van der Waals surface area contributed by atoms with Gasteiger partial charge in [-0.2, -0.15) is 0 Å². The molecule has 1 aromatic rings. The molecule has 1 amide bonds. The predicted octanol–water partition coefficient (Wildman–Crippen LogP) is 2.66. The van der Waals surface area contributed by atoms with Crippen LogP contribution in [-0.4, -0.2) is 19.2 Å². The lowest BCUT2D eigenvalue weighted by Crippen LogP contribution is -2.15. The van der Waals surface area contributed by atoms with E-state index in [0.717, 1.165) is 4.47 Å². The average molecular weight is 290 g/mol. The molecule has 0 unspecified atom stereocenters. The molecule has 5 heteroatoms. The molecular formula is C10H13BrNO2P. The van der Waals surface area contributed by atoms with Gasteiger partial charge >= 0.3 is 0 Å². The second kappa shape index (κ2) is 4.50. The topological polar surface area (TPSA) is 46.2 Å². The van der Waals surface area contributed by atoms with E-state index in [9.17, 15) is 9.36 Å². The minimum absolute atomic E-state index is 0.164. The summed E-state index contributed by atoms with van der Waals surface area (Å²) in [6.45, 7) is 4.80. The minimum Gasteiger partial charge on any atom is -0.326 e. The molecule has 1 rings (SSSR count). The molecule has 1 aromatic carbocycles. The molecule has 0 saturated heterocycles. The van der Waals surface area contributed by atoms with E-state index in [0.29, 0.717) is 11.0 Å². The highest BCUT2D eigenvalue weighted by molar-refractivity contribution is 9.10. The number of hydrogen-bond acceptors (Lipinski definition) is 2. The van der Waals surface area contributed by atoms with Gasteiger partial charge < -0.3 is 9.88 Å². The van der Waals surface area contributed by atoms with Crippen molar-refractivity contribution < 1.29 is 9.36 Å². The second-order valence-corrected chi connectivity index (χ2v) is 7.79. The van der Waals surface area contributed by atoms with E-state index in [-0.39, 0.29) is 5.91 Å². The van der Waals surface area contributed by atoms with E-state index in [1.807, 2.05) is 6.07 Å². The van der Waals surface area contributed by atoms with E-state index >= 15 is 0 Å². The van der Waals surface area contributed by atoms with Gasteiger partial charge in [0.15, 0.2) is 0 Å². The fraction of sp³-hybridized carbons (Fsp3) is 0.300. The van der Waals surface area contributed by atoms with Crippen molar-refractivity contribution in [1.29, 1.82) is 0 Å². The van der Waals surface area contributed by atoms with Crippen molar-refractivity contribution in [3.8, 4) is 0 Å². The Morgan fingerprint density at radius 2 is 2.00 bits per heavy atom. The third kappa shape index (κ3) is 3.47. The Hall–Kier alpha value is -0.600. The SMILES string of the molecule is CC(=O)Nc1cc(Br)ccc1P(C)(C)=O. The van der Waals surface area contributed by atoms with Crippen molar-refractivity contribution in [2.45, 2.75) is 6.92 Å². The maximum absolute atomic E-state index is 12.0. The normalized spacial score (nSPS) is 11.2. The van der Waals surface area contributed by atoms with Gasteiger partial charge in [0.1, 0.15) is 7.14 Å². The number of anilines is 1. The van der Waals surface area contributed by atoms with Gasteiger partial charge in [0, 0.05) is 16.7 Å². The van der Waals surface area contributed by atoms with Gasteiger partial charge in [-0.1, -0.05) is 15.9 Å². The third-order valence-corrected chi connectivity index (χ3v) is 3.89. The summed E-state index contributed by atoms with van der Waals surface area (Å²) < 4.78 is 12.8. The van der Waals surface area contributed by atoms with E-state index in [4.69, 9.17) is 0 Å². The van der Waals surface area contributed by atoms with Crippen molar-refractivity contribution in [2.75, 3.05) is 18.6 Å². The fourth-order valence-electron chi connectivity index (χ4n) is 1.27. The zero-order valence-corrected chi connectivity index (χ0v) is 11.4. The van der Waals surface area contributed by atoms with Crippen molar-refractivity contribution >= 4 is 40.0 Å². The summed E-state index contributed by atoms with van der Waals surface area (Å²) >= 11 is 3.31. The van der Waals surface area contributed by atoms with Crippen LogP contribution >= 0.6 is 23.1 Å². The zero-order chi connectivity index (χ0) is 11.6. The molecule has 82 valence electrons. The number of hydrogen-bond donors (Lipinski definition) is 1. The molecule has 0 aliphatic rings. The summed E-state index contributed by atoms with van der Waals surface area (Å²) in [4.78, 5) is 11.0. The number of carbonyl (C=O) groups excluding carboxylic acids is 1. The number of rotatable bonds is 2. The second-order valence-electron chi connectivity index (χ2n) is 3.69. The van der Waals surface area contributed by atoms with Gasteiger partial charge in [-0.15, -0.1) is 0 Å². The summed E-state index contributed by atoms with van der Waals surface area (Å²) in [5.74, 6) is -0.164. The Balaban J connectivity index is 3.27. The largest absolute Gasteiger partial charge is 0.326 e. The highest BCUT2D eigenvalue weighted by atomic mass is 79.9. The molecule has 0 atom stereocenters. The molecule has 0 spiro atoms. The molecule has 0 bridgehead atoms. The quantitative estimate of drug-likeness (QED) is 0.851. The van der Waals surface area contributed by atoms with Crippen LogP contribution in [0.1, 0.15) is 6.92 Å². The molecular weight excluding hydrogens is 277 g/mol. The van der Waals surface area contributed by atoms with Crippen LogP contribution < -0.4 is 10.6 Å². The van der Waals surface area contributed by atoms with Crippen LogP contribution in [0.25, 0.3) is 0 Å². The first-order chi connectivity index (χ1) is 6.80. The van der Waals surface area contributed by atoms with Crippen LogP contribution in [0, 0.1) is 0 Å². The first-order valence-electron chi connectivity index (χ1n) is 4.43. The fourth-order valence-corrected chi connectivity index (χ4v) is 2.76. The molecule has 0 radical (unpaired) electrons. The lowest BCUT2D eigenvalue weighted by Gasteiger charge is -2.13. The summed E-state index contributed by atoms with van der Waals surface area (Å²) in [5.41, 5.74) is 0.616. The highest BCUT2D eigenvalue weighted by Gasteiger charge is 2.16. The number of amides is 1. The highest BCUT2D eigenvalue weighted by Crippen LogP contribution is 2.38. The van der Waals surface area contributed by atoms with Crippen LogP contribution in [0.3, 0.4) is 0 Å². The minimum atomic E-state index is -2.37. The van der Waals surface area contributed by atoms with Crippen molar-refractivity contribution in [3.05, 3.63) is 22.7 Å². The Bertz CT molecular complexity index is 439. The first-order valence-corrected chi connectivity index (χ1v) is 7.83. The van der Waals surface area contributed by atoms with Gasteiger partial charge in [0.2, 0.25) is 5.91 Å². The molecule has 0 aliphatic carbocycles. The van der Waals surface area contributed by atoms with Gasteiger partial charge in [-0.05, 0) is 31.5 Å². The summed E-state index contributed by atoms with van der Waals surface area (Å²) in [7, 11) is -2.37. The van der Waals surface area contributed by atoms with Gasteiger partial charge in [-0.3, -0.25) is 4.79 Å². The van der Waals surface area contributed by atoms with Gasteiger partial charge in [-0.25, -0.2) is 0 Å². The van der Waals surface area contributed by atoms with Crippen molar-refractivity contribution in [1.82, 2.24) is 0 Å². The van der Waals surface area contributed by atoms with E-state index in [2.05, 4.69) is 21.2 Å². The number of benzene rings is 1. The van der Waals surface area contributed by atoms with E-state index in [1.54, 1.807) is 25.5 Å². The molecule has 0 heterocycles. The van der Waals surface area contributed by atoms with Crippen LogP contribution in [0.2, 0.25) is 0 Å². The molecule has 0 saturated carbocycles. The molecule has 3 nitrogen and oxygen atoms in total. The van der Waals surface area contributed by atoms with Crippen LogP contribution in [0.5, 0.6) is 0 Å². The molecule has 0 aliphatic heterocycles. The molecule has 1 N–H and O–H groups in total. The summed E-state index contributed by atoms with van der Waals surface area (Å²) in [6, 6.07) is 5.35. The van der Waals surface area contributed by atoms with Crippen LogP contribution in [-0.2, 0) is 9.36 Å². The average Bonchev–Trinajstić information content (AvgIpc) is 1.99. The van der Waals surface area contributed by atoms with Crippen molar-refractivity contribution in [2.24, 2.45) is 0 Å². The summed E-state index contributed by atoms with van der Waals surface area (Å²) in [6.07, 6.45) is 0. The number of carbonyl (C=O) groups is 1.